The zero-order chi connectivity index (χ0) is 18.0. The molecule has 2 aromatic rings. The molecule has 5 heteroatoms. The van der Waals surface area contributed by atoms with Gasteiger partial charge in [-0.3, -0.25) is 4.79 Å². The van der Waals surface area contributed by atoms with Crippen LogP contribution in [0.3, 0.4) is 0 Å². The summed E-state index contributed by atoms with van der Waals surface area (Å²) in [6, 6.07) is 11.2. The first-order valence-corrected chi connectivity index (χ1v) is 8.42. The molecule has 25 heavy (non-hydrogen) atoms. The van der Waals surface area contributed by atoms with E-state index in [1.165, 1.54) is 5.56 Å². The summed E-state index contributed by atoms with van der Waals surface area (Å²) < 4.78 is 16.4. The Morgan fingerprint density at radius 3 is 2.56 bits per heavy atom. The standard InChI is InChI=1S/C20H23NO4/c1-12(2)17-7-6-16(9-13(17)3)25-14(4)20(22)21-15-5-8-18-19(10-15)24-11-23-18/h5-10,12,14H,11H2,1-4H3,(H,21,22). The number of aryl methyl sites for hydroxylation is 1. The molecule has 1 heterocycles. The largest absolute Gasteiger partial charge is 0.481 e. The summed E-state index contributed by atoms with van der Waals surface area (Å²) >= 11 is 0. The van der Waals surface area contributed by atoms with Crippen LogP contribution in [0.2, 0.25) is 0 Å². The molecule has 0 saturated carbocycles. The highest BCUT2D eigenvalue weighted by molar-refractivity contribution is 5.94. The monoisotopic (exact) mass is 341 g/mol. The SMILES string of the molecule is Cc1cc(OC(C)C(=O)Nc2ccc3c(c2)OCO3)ccc1C(C)C. The van der Waals surface area contributed by atoms with E-state index in [-0.39, 0.29) is 12.7 Å². The quantitative estimate of drug-likeness (QED) is 0.883. The number of ether oxygens (including phenoxy) is 3. The predicted octanol–water partition coefficient (Wildman–Crippen LogP) is 4.25. The van der Waals surface area contributed by atoms with Crippen LogP contribution >= 0.6 is 0 Å². The summed E-state index contributed by atoms with van der Waals surface area (Å²) in [6.07, 6.45) is -0.616. The molecule has 0 saturated heterocycles. The predicted molar refractivity (Wildman–Crippen MR) is 96.6 cm³/mol. The van der Waals surface area contributed by atoms with Crippen LogP contribution in [0.15, 0.2) is 36.4 Å². The summed E-state index contributed by atoms with van der Waals surface area (Å²) in [5, 5.41) is 2.84. The lowest BCUT2D eigenvalue weighted by Crippen LogP contribution is -2.30. The number of fused-ring (bicyclic) bond motifs is 1. The maximum Gasteiger partial charge on any atom is 0.265 e. The van der Waals surface area contributed by atoms with Gasteiger partial charge in [0.25, 0.3) is 5.91 Å². The molecule has 1 amide bonds. The number of carbonyl (C=O) groups is 1. The van der Waals surface area contributed by atoms with Gasteiger partial charge in [-0.15, -0.1) is 0 Å². The minimum atomic E-state index is -0.616. The second kappa shape index (κ2) is 7.05. The van der Waals surface area contributed by atoms with Crippen molar-refractivity contribution in [2.45, 2.75) is 39.7 Å². The van der Waals surface area contributed by atoms with E-state index < -0.39 is 6.10 Å². The lowest BCUT2D eigenvalue weighted by Gasteiger charge is -2.17. The molecule has 2 aromatic carbocycles. The molecule has 1 aliphatic rings. The molecule has 0 bridgehead atoms. The average molecular weight is 341 g/mol. The Morgan fingerprint density at radius 1 is 1.08 bits per heavy atom. The Kier molecular flexibility index (Phi) is 4.83. The van der Waals surface area contributed by atoms with Crippen LogP contribution in [0, 0.1) is 6.92 Å². The average Bonchev–Trinajstić information content (AvgIpc) is 3.02. The zero-order valence-corrected chi connectivity index (χ0v) is 15.0. The number of benzene rings is 2. The van der Waals surface area contributed by atoms with Gasteiger partial charge in [-0.1, -0.05) is 19.9 Å². The van der Waals surface area contributed by atoms with E-state index in [2.05, 4.69) is 32.2 Å². The molecule has 1 N–H and O–H groups in total. The van der Waals surface area contributed by atoms with Gasteiger partial charge >= 0.3 is 0 Å². The second-order valence-electron chi connectivity index (χ2n) is 6.49. The maximum absolute atomic E-state index is 12.4. The molecular formula is C20H23NO4. The van der Waals surface area contributed by atoms with E-state index in [1.807, 2.05) is 12.1 Å². The van der Waals surface area contributed by atoms with Crippen molar-refractivity contribution in [1.29, 1.82) is 0 Å². The fourth-order valence-corrected chi connectivity index (χ4v) is 2.85. The van der Waals surface area contributed by atoms with Crippen LogP contribution < -0.4 is 19.5 Å². The number of rotatable bonds is 5. The van der Waals surface area contributed by atoms with Gasteiger partial charge in [0.2, 0.25) is 6.79 Å². The normalized spacial score (nSPS) is 13.6. The second-order valence-corrected chi connectivity index (χ2v) is 6.49. The highest BCUT2D eigenvalue weighted by Crippen LogP contribution is 2.34. The molecule has 132 valence electrons. The Morgan fingerprint density at radius 2 is 1.84 bits per heavy atom. The Bertz CT molecular complexity index is 785. The van der Waals surface area contributed by atoms with Crippen molar-refractivity contribution in [3.63, 3.8) is 0 Å². The van der Waals surface area contributed by atoms with E-state index >= 15 is 0 Å². The van der Waals surface area contributed by atoms with Crippen molar-refractivity contribution >= 4 is 11.6 Å². The first-order valence-electron chi connectivity index (χ1n) is 8.42. The van der Waals surface area contributed by atoms with Gasteiger partial charge in [0.1, 0.15) is 5.75 Å². The molecule has 5 nitrogen and oxygen atoms in total. The fourth-order valence-electron chi connectivity index (χ4n) is 2.85. The molecule has 1 atom stereocenters. The first kappa shape index (κ1) is 17.1. The number of hydrogen-bond acceptors (Lipinski definition) is 4. The third-order valence-electron chi connectivity index (χ3n) is 4.19. The molecule has 0 aromatic heterocycles. The zero-order valence-electron chi connectivity index (χ0n) is 15.0. The molecule has 0 radical (unpaired) electrons. The Labute approximate surface area is 147 Å². The van der Waals surface area contributed by atoms with Crippen LogP contribution in [0.1, 0.15) is 37.8 Å². The summed E-state index contributed by atoms with van der Waals surface area (Å²) in [4.78, 5) is 12.4. The summed E-state index contributed by atoms with van der Waals surface area (Å²) in [7, 11) is 0. The minimum Gasteiger partial charge on any atom is -0.481 e. The van der Waals surface area contributed by atoms with Crippen molar-refractivity contribution in [3.8, 4) is 17.2 Å². The van der Waals surface area contributed by atoms with E-state index in [9.17, 15) is 4.79 Å². The summed E-state index contributed by atoms with van der Waals surface area (Å²) in [6.45, 7) is 8.31. The number of anilines is 1. The number of amides is 1. The molecule has 1 aliphatic heterocycles. The lowest BCUT2D eigenvalue weighted by atomic mass is 9.98. The number of hydrogen-bond donors (Lipinski definition) is 1. The van der Waals surface area contributed by atoms with E-state index in [1.54, 1.807) is 25.1 Å². The lowest BCUT2D eigenvalue weighted by molar-refractivity contribution is -0.122. The molecule has 1 unspecified atom stereocenters. The molecular weight excluding hydrogens is 318 g/mol. The highest BCUT2D eigenvalue weighted by atomic mass is 16.7. The highest BCUT2D eigenvalue weighted by Gasteiger charge is 2.18. The van der Waals surface area contributed by atoms with Gasteiger partial charge in [0.05, 0.1) is 0 Å². The third-order valence-corrected chi connectivity index (χ3v) is 4.19. The Hall–Kier alpha value is -2.69. The maximum atomic E-state index is 12.4. The van der Waals surface area contributed by atoms with Crippen molar-refractivity contribution in [1.82, 2.24) is 0 Å². The van der Waals surface area contributed by atoms with Gasteiger partial charge in [0.15, 0.2) is 17.6 Å². The summed E-state index contributed by atoms with van der Waals surface area (Å²) in [5.74, 6) is 2.25. The van der Waals surface area contributed by atoms with Crippen molar-refractivity contribution in [2.75, 3.05) is 12.1 Å². The smallest absolute Gasteiger partial charge is 0.265 e. The molecule has 3 rings (SSSR count). The molecule has 0 spiro atoms. The van der Waals surface area contributed by atoms with Crippen molar-refractivity contribution in [2.24, 2.45) is 0 Å². The van der Waals surface area contributed by atoms with Gasteiger partial charge in [-0.05, 0) is 55.2 Å². The van der Waals surface area contributed by atoms with Gasteiger partial charge < -0.3 is 19.5 Å². The topological polar surface area (TPSA) is 56.8 Å². The van der Waals surface area contributed by atoms with E-state index in [0.717, 1.165) is 5.56 Å². The molecule has 0 fully saturated rings. The minimum absolute atomic E-state index is 0.206. The van der Waals surface area contributed by atoms with Crippen molar-refractivity contribution < 1.29 is 19.0 Å². The number of nitrogens with one attached hydrogen (secondary N) is 1. The van der Waals surface area contributed by atoms with Gasteiger partial charge in [0, 0.05) is 11.8 Å². The van der Waals surface area contributed by atoms with Crippen LogP contribution in [-0.4, -0.2) is 18.8 Å². The van der Waals surface area contributed by atoms with E-state index in [0.29, 0.717) is 28.9 Å². The van der Waals surface area contributed by atoms with Crippen LogP contribution in [0.25, 0.3) is 0 Å². The number of carbonyl (C=O) groups excluding carboxylic acids is 1. The van der Waals surface area contributed by atoms with E-state index in [4.69, 9.17) is 14.2 Å². The summed E-state index contributed by atoms with van der Waals surface area (Å²) in [5.41, 5.74) is 3.09. The van der Waals surface area contributed by atoms with Gasteiger partial charge in [-0.2, -0.15) is 0 Å². The van der Waals surface area contributed by atoms with Crippen LogP contribution in [-0.2, 0) is 4.79 Å². The first-order chi connectivity index (χ1) is 11.9. The van der Waals surface area contributed by atoms with Crippen molar-refractivity contribution in [3.05, 3.63) is 47.5 Å². The van der Waals surface area contributed by atoms with Crippen LogP contribution in [0.4, 0.5) is 5.69 Å². The Balaban J connectivity index is 1.64. The molecule has 0 aliphatic carbocycles. The van der Waals surface area contributed by atoms with Crippen LogP contribution in [0.5, 0.6) is 17.2 Å². The third kappa shape index (κ3) is 3.87. The van der Waals surface area contributed by atoms with Gasteiger partial charge in [-0.25, -0.2) is 0 Å². The fraction of sp³-hybridized carbons (Fsp3) is 0.350.